The Labute approximate surface area is 143 Å². The number of carbonyl (C=O) groups excluding carboxylic acids is 1. The first-order valence-corrected chi connectivity index (χ1v) is 7.51. The molecule has 1 amide bonds. The first-order valence-electron chi connectivity index (χ1n) is 6.72. The van der Waals surface area contributed by atoms with E-state index in [4.69, 9.17) is 0 Å². The van der Waals surface area contributed by atoms with Crippen molar-refractivity contribution in [2.24, 2.45) is 0 Å². The lowest BCUT2D eigenvalue weighted by molar-refractivity contribution is -0.395. The molecular weight excluding hydrogens is 386 g/mol. The van der Waals surface area contributed by atoms with Crippen LogP contribution in [0.3, 0.4) is 0 Å². The van der Waals surface area contributed by atoms with Crippen LogP contribution in [0.1, 0.15) is 23.0 Å². The van der Waals surface area contributed by atoms with Crippen LogP contribution in [0.5, 0.6) is 0 Å². The molecule has 0 aliphatic heterocycles. The molecule has 2 aromatic rings. The molecule has 0 aliphatic rings. The monoisotopic (exact) mass is 397 g/mol. The Morgan fingerprint density at radius 1 is 1.29 bits per heavy atom. The van der Waals surface area contributed by atoms with E-state index in [1.807, 2.05) is 6.92 Å². The van der Waals surface area contributed by atoms with Crippen LogP contribution in [0.15, 0.2) is 22.8 Å². The summed E-state index contributed by atoms with van der Waals surface area (Å²) in [6, 6.07) is 2.15. The molecule has 11 heteroatoms. The molecule has 0 aliphatic carbocycles. The minimum Gasteiger partial charge on any atom is -0.320 e. The van der Waals surface area contributed by atoms with Crippen molar-refractivity contribution in [3.8, 4) is 0 Å². The number of amides is 1. The summed E-state index contributed by atoms with van der Waals surface area (Å²) in [5.74, 6) is -0.637. The molecular formula is C13H12BrN5O5. The van der Waals surface area contributed by atoms with Gasteiger partial charge in [0.2, 0.25) is 0 Å². The summed E-state index contributed by atoms with van der Waals surface area (Å²) in [5, 5.41) is 28.5. The van der Waals surface area contributed by atoms with Crippen molar-refractivity contribution in [3.63, 3.8) is 0 Å². The molecule has 0 spiro atoms. The van der Waals surface area contributed by atoms with E-state index in [2.05, 4.69) is 26.3 Å². The Balaban J connectivity index is 2.41. The maximum atomic E-state index is 12.3. The van der Waals surface area contributed by atoms with E-state index in [1.165, 1.54) is 11.6 Å². The maximum Gasteiger partial charge on any atom is 0.281 e. The van der Waals surface area contributed by atoms with Crippen molar-refractivity contribution < 1.29 is 14.6 Å². The number of rotatable bonds is 5. The van der Waals surface area contributed by atoms with Crippen molar-refractivity contribution in [1.29, 1.82) is 0 Å². The molecule has 126 valence electrons. The highest BCUT2D eigenvalue weighted by atomic mass is 79.9. The van der Waals surface area contributed by atoms with Gasteiger partial charge < -0.3 is 5.32 Å². The fraction of sp³-hybridized carbons (Fsp3) is 0.231. The predicted octanol–water partition coefficient (Wildman–Crippen LogP) is 3.04. The predicted molar refractivity (Wildman–Crippen MR) is 88.0 cm³/mol. The van der Waals surface area contributed by atoms with E-state index >= 15 is 0 Å². The molecule has 2 rings (SSSR count). The number of nitro benzene ring substituents is 2. The Hall–Kier alpha value is -2.82. The lowest BCUT2D eigenvalue weighted by Gasteiger charge is -2.06. The molecule has 10 nitrogen and oxygen atoms in total. The number of nitrogens with zero attached hydrogens (tertiary/aromatic N) is 4. The minimum absolute atomic E-state index is 0.0538. The van der Waals surface area contributed by atoms with Crippen LogP contribution in [0, 0.1) is 27.2 Å². The number of nitro groups is 2. The van der Waals surface area contributed by atoms with E-state index in [9.17, 15) is 25.0 Å². The van der Waals surface area contributed by atoms with Gasteiger partial charge in [0.15, 0.2) is 5.69 Å². The van der Waals surface area contributed by atoms with E-state index in [-0.39, 0.29) is 16.9 Å². The van der Waals surface area contributed by atoms with Crippen LogP contribution >= 0.6 is 15.9 Å². The normalized spacial score (nSPS) is 10.5. The third-order valence-corrected chi connectivity index (χ3v) is 3.84. The van der Waals surface area contributed by atoms with Crippen LogP contribution in [0.25, 0.3) is 0 Å². The number of anilines is 1. The molecule has 0 unspecified atom stereocenters. The third kappa shape index (κ3) is 3.40. The third-order valence-electron chi connectivity index (χ3n) is 3.26. The van der Waals surface area contributed by atoms with E-state index in [1.54, 1.807) is 6.20 Å². The average molecular weight is 398 g/mol. The van der Waals surface area contributed by atoms with Gasteiger partial charge in [0.05, 0.1) is 20.0 Å². The SMILES string of the molecule is CCn1cc(Br)c(C(=O)Nc2cc([N+](=O)[O-])c(C)c([N+](=O)[O-])c2)n1. The van der Waals surface area contributed by atoms with Crippen molar-refractivity contribution in [3.05, 3.63) is 54.3 Å². The first kappa shape index (κ1) is 17.5. The molecule has 0 atom stereocenters. The zero-order valence-corrected chi connectivity index (χ0v) is 14.2. The van der Waals surface area contributed by atoms with Gasteiger partial charge >= 0.3 is 0 Å². The van der Waals surface area contributed by atoms with Gasteiger partial charge in [-0.2, -0.15) is 5.10 Å². The van der Waals surface area contributed by atoms with Crippen LogP contribution in [0.2, 0.25) is 0 Å². The van der Waals surface area contributed by atoms with Crippen molar-refractivity contribution >= 4 is 38.9 Å². The number of carbonyl (C=O) groups is 1. The van der Waals surface area contributed by atoms with Gasteiger partial charge in [-0.3, -0.25) is 29.7 Å². The lowest BCUT2D eigenvalue weighted by atomic mass is 10.1. The zero-order chi connectivity index (χ0) is 18.0. The smallest absolute Gasteiger partial charge is 0.281 e. The summed E-state index contributed by atoms with van der Waals surface area (Å²) in [6.07, 6.45) is 1.61. The summed E-state index contributed by atoms with van der Waals surface area (Å²) in [6.45, 7) is 3.67. The van der Waals surface area contributed by atoms with E-state index in [0.29, 0.717) is 11.0 Å². The quantitative estimate of drug-likeness (QED) is 0.608. The summed E-state index contributed by atoms with van der Waals surface area (Å²) >= 11 is 3.20. The number of hydrogen-bond acceptors (Lipinski definition) is 6. The number of aromatic nitrogens is 2. The van der Waals surface area contributed by atoms with Gasteiger partial charge in [-0.25, -0.2) is 0 Å². The highest BCUT2D eigenvalue weighted by Crippen LogP contribution is 2.32. The van der Waals surface area contributed by atoms with Gasteiger partial charge in [0.1, 0.15) is 5.56 Å². The van der Waals surface area contributed by atoms with E-state index < -0.39 is 27.1 Å². The molecule has 0 saturated carbocycles. The zero-order valence-electron chi connectivity index (χ0n) is 12.6. The Kier molecular flexibility index (Phi) is 4.93. The number of benzene rings is 1. The lowest BCUT2D eigenvalue weighted by Crippen LogP contribution is -2.14. The molecule has 24 heavy (non-hydrogen) atoms. The van der Waals surface area contributed by atoms with E-state index in [0.717, 1.165) is 12.1 Å². The standard InChI is InChI=1S/C13H12BrN5O5/c1-3-17-6-9(14)12(16-17)13(20)15-8-4-10(18(21)22)7(2)11(5-8)19(23)24/h4-6H,3H2,1-2H3,(H,15,20). The Morgan fingerprint density at radius 3 is 2.25 bits per heavy atom. The Bertz CT molecular complexity index is 812. The van der Waals surface area contributed by atoms with Gasteiger partial charge in [-0.1, -0.05) is 0 Å². The molecule has 0 bridgehead atoms. The molecule has 1 aromatic heterocycles. The maximum absolute atomic E-state index is 12.3. The number of aryl methyl sites for hydroxylation is 1. The Morgan fingerprint density at radius 2 is 1.83 bits per heavy atom. The molecule has 0 fully saturated rings. The molecule has 1 N–H and O–H groups in total. The first-order chi connectivity index (χ1) is 11.2. The number of nitrogens with one attached hydrogen (secondary N) is 1. The fourth-order valence-electron chi connectivity index (χ4n) is 2.04. The fourth-order valence-corrected chi connectivity index (χ4v) is 2.53. The second-order valence-electron chi connectivity index (χ2n) is 4.79. The highest BCUT2D eigenvalue weighted by molar-refractivity contribution is 9.10. The van der Waals surface area contributed by atoms with Crippen molar-refractivity contribution in [1.82, 2.24) is 9.78 Å². The second kappa shape index (κ2) is 6.74. The summed E-state index contributed by atoms with van der Waals surface area (Å²) in [7, 11) is 0. The second-order valence-corrected chi connectivity index (χ2v) is 5.64. The van der Waals surface area contributed by atoms with Crippen LogP contribution in [0.4, 0.5) is 17.1 Å². The van der Waals surface area contributed by atoms with Crippen LogP contribution in [-0.4, -0.2) is 25.5 Å². The number of halogens is 1. The molecule has 0 radical (unpaired) electrons. The molecule has 1 heterocycles. The highest BCUT2D eigenvalue weighted by Gasteiger charge is 2.24. The van der Waals surface area contributed by atoms with Gasteiger partial charge in [-0.15, -0.1) is 0 Å². The van der Waals surface area contributed by atoms with Crippen molar-refractivity contribution in [2.45, 2.75) is 20.4 Å². The summed E-state index contributed by atoms with van der Waals surface area (Å²) < 4.78 is 1.97. The van der Waals surface area contributed by atoms with Gasteiger partial charge in [0, 0.05) is 24.9 Å². The topological polar surface area (TPSA) is 133 Å². The summed E-state index contributed by atoms with van der Waals surface area (Å²) in [5.41, 5.74) is -0.959. The van der Waals surface area contributed by atoms with Crippen LogP contribution in [-0.2, 0) is 6.54 Å². The van der Waals surface area contributed by atoms with Gasteiger partial charge in [-0.05, 0) is 29.8 Å². The minimum atomic E-state index is -0.736. The average Bonchev–Trinajstić information content (AvgIpc) is 2.89. The molecule has 0 saturated heterocycles. The van der Waals surface area contributed by atoms with Gasteiger partial charge in [0.25, 0.3) is 17.3 Å². The summed E-state index contributed by atoms with van der Waals surface area (Å²) in [4.78, 5) is 32.9. The molecule has 1 aromatic carbocycles. The van der Waals surface area contributed by atoms with Crippen LogP contribution < -0.4 is 5.32 Å². The van der Waals surface area contributed by atoms with Crippen molar-refractivity contribution in [2.75, 3.05) is 5.32 Å². The number of hydrogen-bond donors (Lipinski definition) is 1. The largest absolute Gasteiger partial charge is 0.320 e.